The average molecular weight is 576 g/mol. The Hall–Kier alpha value is -2.37. The first-order valence-corrected chi connectivity index (χ1v) is 15.0. The molecule has 1 atom stereocenters. The fourth-order valence-corrected chi connectivity index (χ4v) is 10.9. The van der Waals surface area contributed by atoms with E-state index in [0.29, 0.717) is 18.8 Å². The van der Waals surface area contributed by atoms with E-state index >= 15 is 0 Å². The van der Waals surface area contributed by atoms with E-state index in [9.17, 15) is 16.8 Å². The Balaban J connectivity index is 1.74. The number of hydrogen-bond acceptors (Lipinski definition) is 6. The molecule has 1 N–H and O–H groups in total. The van der Waals surface area contributed by atoms with Crippen molar-refractivity contribution in [2.75, 3.05) is 26.2 Å². The first-order chi connectivity index (χ1) is 16.7. The van der Waals surface area contributed by atoms with Crippen LogP contribution in [0.3, 0.4) is 0 Å². The lowest BCUT2D eigenvalue weighted by molar-refractivity contribution is 0.349. The van der Waals surface area contributed by atoms with E-state index in [1.165, 1.54) is 18.2 Å². The number of rotatable bonds is 5. The predicted molar refractivity (Wildman–Crippen MR) is 142 cm³/mol. The summed E-state index contributed by atoms with van der Waals surface area (Å²) in [6, 6.07) is 13.7. The quantitative estimate of drug-likeness (QED) is 0.464. The minimum atomic E-state index is -4.39. The van der Waals surface area contributed by atoms with Crippen LogP contribution < -0.4 is 9.21 Å². The molecule has 1 aliphatic carbocycles. The number of nitrogens with zero attached hydrogens (tertiary/aromatic N) is 2. The molecule has 2 heterocycles. The first-order valence-electron chi connectivity index (χ1n) is 11.3. The van der Waals surface area contributed by atoms with Crippen LogP contribution >= 0.6 is 15.9 Å². The van der Waals surface area contributed by atoms with E-state index in [-0.39, 0.29) is 24.4 Å². The molecule has 0 radical (unpaired) electrons. The van der Waals surface area contributed by atoms with E-state index in [4.69, 9.17) is 0 Å². The van der Waals surface area contributed by atoms with Crippen LogP contribution in [0.15, 0.2) is 94.6 Å². The number of aromatic nitrogens is 1. The molecule has 1 fully saturated rings. The maximum Gasteiger partial charge on any atom is 0.326 e. The number of pyridine rings is 1. The van der Waals surface area contributed by atoms with E-state index in [2.05, 4.69) is 26.2 Å². The smallest absolute Gasteiger partial charge is 0.306 e. The van der Waals surface area contributed by atoms with Gasteiger partial charge in [0.05, 0.1) is 4.90 Å². The summed E-state index contributed by atoms with van der Waals surface area (Å²) in [5.74, 6) is 0. The molecule has 3 aromatic rings. The van der Waals surface area contributed by atoms with Gasteiger partial charge in [0.25, 0.3) is 0 Å². The van der Waals surface area contributed by atoms with Gasteiger partial charge in [-0.05, 0) is 41.1 Å². The standard InChI is InChI=1S/C25H25BrN3O4S2/c26-22-6-4-21-19-24(7-5-20(21)18-22)34(30,31)25(10-2-1-3-11-25)35(32,33)29(16-14-28-15-17-29)23-8-12-27-13-9-23/h1-10,12-13,18-19,28H,11,14-17H2/q+1. The molecular formula is C25H25BrN3O4S2+. The van der Waals surface area contributed by atoms with Gasteiger partial charge in [0.1, 0.15) is 13.1 Å². The molecule has 0 saturated carbocycles. The highest BCUT2D eigenvalue weighted by atomic mass is 79.9. The summed E-state index contributed by atoms with van der Waals surface area (Å²) in [4.78, 5) is 4.03. The molecule has 2 aromatic carbocycles. The Labute approximate surface area is 213 Å². The SMILES string of the molecule is O=S(=O)(c1ccc2cc(Br)ccc2c1)C1(S(=O)(=O)[N+]2(c3ccncc3)CCNCC2)C=CC=CC1. The third-order valence-electron chi connectivity index (χ3n) is 6.87. The molecule has 0 amide bonds. The van der Waals surface area contributed by atoms with E-state index in [0.717, 1.165) is 15.2 Å². The van der Waals surface area contributed by atoms with Gasteiger partial charge in [-0.25, -0.2) is 8.42 Å². The third kappa shape index (κ3) is 3.70. The number of halogens is 1. The lowest BCUT2D eigenvalue weighted by Gasteiger charge is -2.44. The minimum absolute atomic E-state index is 0.0149. The molecular weight excluding hydrogens is 550 g/mol. The number of sulfonamides is 1. The van der Waals surface area contributed by atoms with Gasteiger partial charge in [0.2, 0.25) is 13.9 Å². The third-order valence-corrected chi connectivity index (χ3v) is 13.4. The summed E-state index contributed by atoms with van der Waals surface area (Å²) < 4.78 is 56.5. The number of sulfone groups is 1. The summed E-state index contributed by atoms with van der Waals surface area (Å²) in [6.07, 6.45) is 9.13. The van der Waals surface area contributed by atoms with E-state index in [1.807, 2.05) is 18.2 Å². The maximum atomic E-state index is 14.8. The van der Waals surface area contributed by atoms with Gasteiger partial charge in [0, 0.05) is 48.5 Å². The Kier molecular flexibility index (Phi) is 6.21. The highest BCUT2D eigenvalue weighted by Crippen LogP contribution is 2.45. The monoisotopic (exact) mass is 574 g/mol. The van der Waals surface area contributed by atoms with Crippen LogP contribution in [0.25, 0.3) is 10.8 Å². The summed E-state index contributed by atoms with van der Waals surface area (Å²) in [5.41, 5.74) is 0.516. The number of piperazine rings is 1. The molecule has 35 heavy (non-hydrogen) atoms. The lowest BCUT2D eigenvalue weighted by Crippen LogP contribution is -2.69. The Bertz CT molecular complexity index is 1550. The molecule has 1 aromatic heterocycles. The molecule has 0 spiro atoms. The van der Waals surface area contributed by atoms with Gasteiger partial charge >= 0.3 is 10.0 Å². The topological polar surface area (TPSA) is 93.2 Å². The van der Waals surface area contributed by atoms with E-state index in [1.54, 1.807) is 48.8 Å². The fourth-order valence-electron chi connectivity index (χ4n) is 4.98. The molecule has 10 heteroatoms. The maximum absolute atomic E-state index is 14.8. The second-order valence-electron chi connectivity index (χ2n) is 8.73. The van der Waals surface area contributed by atoms with Crippen LogP contribution in [-0.2, 0) is 19.9 Å². The van der Waals surface area contributed by atoms with Crippen molar-refractivity contribution < 1.29 is 16.8 Å². The highest BCUT2D eigenvalue weighted by molar-refractivity contribution is 9.10. The zero-order valence-electron chi connectivity index (χ0n) is 18.8. The van der Waals surface area contributed by atoms with Gasteiger partial charge in [-0.2, -0.15) is 12.3 Å². The largest absolute Gasteiger partial charge is 0.326 e. The molecule has 2 aliphatic rings. The van der Waals surface area contributed by atoms with Gasteiger partial charge in [-0.1, -0.05) is 46.3 Å². The summed E-state index contributed by atoms with van der Waals surface area (Å²) in [6.45, 7) is 1.32. The molecule has 1 unspecified atom stereocenters. The summed E-state index contributed by atoms with van der Waals surface area (Å²) in [7, 11) is -8.76. The second-order valence-corrected chi connectivity index (χ2v) is 14.5. The summed E-state index contributed by atoms with van der Waals surface area (Å²) >= 11 is 3.43. The highest BCUT2D eigenvalue weighted by Gasteiger charge is 2.64. The lowest BCUT2D eigenvalue weighted by atomic mass is 10.1. The van der Waals surface area contributed by atoms with Gasteiger partial charge in [-0.3, -0.25) is 4.98 Å². The molecule has 182 valence electrons. The van der Waals surface area contributed by atoms with Crippen molar-refractivity contribution in [3.8, 4) is 0 Å². The zero-order valence-corrected chi connectivity index (χ0v) is 22.1. The number of benzene rings is 2. The minimum Gasteiger partial charge on any atom is -0.306 e. The van der Waals surface area contributed by atoms with Crippen LogP contribution in [0.2, 0.25) is 0 Å². The average Bonchev–Trinajstić information content (AvgIpc) is 2.89. The molecule has 7 nitrogen and oxygen atoms in total. The van der Waals surface area contributed by atoms with Crippen LogP contribution in [0.5, 0.6) is 0 Å². The van der Waals surface area contributed by atoms with Gasteiger partial charge < -0.3 is 5.32 Å². The molecule has 5 rings (SSSR count). The molecule has 1 saturated heterocycles. The number of nitrogens with one attached hydrogen (secondary N) is 1. The van der Waals surface area contributed by atoms with Crippen molar-refractivity contribution in [2.24, 2.45) is 0 Å². The van der Waals surface area contributed by atoms with Crippen molar-refractivity contribution in [2.45, 2.75) is 15.4 Å². The van der Waals surface area contributed by atoms with E-state index < -0.39 is 27.8 Å². The van der Waals surface area contributed by atoms with Crippen LogP contribution in [-0.4, -0.2) is 52.1 Å². The zero-order chi connectivity index (χ0) is 24.7. The number of allylic oxidation sites excluding steroid dienone is 3. The van der Waals surface area contributed by atoms with Crippen molar-refractivity contribution in [1.29, 1.82) is 0 Å². The molecule has 1 aliphatic heterocycles. The van der Waals surface area contributed by atoms with Crippen molar-refractivity contribution in [1.82, 2.24) is 14.2 Å². The number of hydrogen-bond donors (Lipinski definition) is 1. The van der Waals surface area contributed by atoms with Crippen molar-refractivity contribution in [3.05, 3.63) is 89.7 Å². The Morgan fingerprint density at radius 2 is 1.57 bits per heavy atom. The van der Waals surface area contributed by atoms with Crippen LogP contribution in [0.1, 0.15) is 6.42 Å². The van der Waals surface area contributed by atoms with Gasteiger partial charge in [0.15, 0.2) is 5.69 Å². The number of fused-ring (bicyclic) bond motifs is 1. The Morgan fingerprint density at radius 1 is 0.886 bits per heavy atom. The van der Waals surface area contributed by atoms with Crippen molar-refractivity contribution >= 4 is 52.3 Å². The first kappa shape index (κ1) is 24.3. The Morgan fingerprint density at radius 3 is 2.26 bits per heavy atom. The summed E-state index contributed by atoms with van der Waals surface area (Å²) in [5, 5.41) is 4.79. The van der Waals surface area contributed by atoms with Crippen molar-refractivity contribution in [3.63, 3.8) is 0 Å². The second kappa shape index (κ2) is 8.94. The fraction of sp³-hybridized carbons (Fsp3) is 0.240. The molecule has 0 bridgehead atoms. The van der Waals surface area contributed by atoms with Gasteiger partial charge in [-0.15, -0.1) is 0 Å². The predicted octanol–water partition coefficient (Wildman–Crippen LogP) is 3.92. The van der Waals surface area contributed by atoms with Crippen LogP contribution in [0.4, 0.5) is 5.69 Å². The number of quaternary nitrogens is 1. The normalized spacial score (nSPS) is 22.3. The van der Waals surface area contributed by atoms with Crippen LogP contribution in [0, 0.1) is 0 Å².